The van der Waals surface area contributed by atoms with Crippen LogP contribution in [0.4, 0.5) is 0 Å². The molecule has 0 aliphatic carbocycles. The highest BCUT2D eigenvalue weighted by atomic mass is 16.5. The lowest BCUT2D eigenvalue weighted by Crippen LogP contribution is -2.28. The Labute approximate surface area is 135 Å². The molecule has 0 N–H and O–H groups in total. The van der Waals surface area contributed by atoms with Crippen LogP contribution >= 0.6 is 0 Å². The monoisotopic (exact) mass is 315 g/mol. The van der Waals surface area contributed by atoms with Crippen LogP contribution < -0.4 is 4.74 Å². The fourth-order valence-corrected chi connectivity index (χ4v) is 2.57. The Hall–Kier alpha value is -2.37. The zero-order chi connectivity index (χ0) is 16.4. The highest BCUT2D eigenvalue weighted by Crippen LogP contribution is 2.24. The Morgan fingerprint density at radius 1 is 1.35 bits per heavy atom. The van der Waals surface area contributed by atoms with Crippen LogP contribution in [0.1, 0.15) is 39.0 Å². The number of carbonyl (C=O) groups excluding carboxylic acids is 1. The molecule has 1 atom stereocenters. The molecule has 2 aromatic rings. The number of nitrogens with zero attached hydrogens (tertiary/aromatic N) is 3. The molecule has 0 spiro atoms. The van der Waals surface area contributed by atoms with Crippen LogP contribution in [0.15, 0.2) is 28.8 Å². The Morgan fingerprint density at radius 3 is 2.65 bits per heavy atom. The third kappa shape index (κ3) is 3.52. The van der Waals surface area contributed by atoms with Crippen LogP contribution in [-0.4, -0.2) is 40.1 Å². The lowest BCUT2D eigenvalue weighted by molar-refractivity contribution is -0.128. The summed E-state index contributed by atoms with van der Waals surface area (Å²) < 4.78 is 11.2. The predicted octanol–water partition coefficient (Wildman–Crippen LogP) is 2.86. The second-order valence-electron chi connectivity index (χ2n) is 6.13. The van der Waals surface area contributed by atoms with E-state index >= 15 is 0 Å². The van der Waals surface area contributed by atoms with Crippen molar-refractivity contribution in [2.75, 3.05) is 13.1 Å². The second kappa shape index (κ2) is 6.40. The Bertz CT molecular complexity index is 679. The summed E-state index contributed by atoms with van der Waals surface area (Å²) in [6.07, 6.45) is 0.923. The van der Waals surface area contributed by atoms with Crippen LogP contribution in [0.2, 0.25) is 0 Å². The first kappa shape index (κ1) is 15.5. The third-order valence-corrected chi connectivity index (χ3v) is 3.94. The summed E-state index contributed by atoms with van der Waals surface area (Å²) in [7, 11) is 0. The molecule has 1 fully saturated rings. The van der Waals surface area contributed by atoms with E-state index < -0.39 is 0 Å². The molecule has 6 heteroatoms. The fraction of sp³-hybridized carbons (Fsp3) is 0.471. The highest BCUT2D eigenvalue weighted by molar-refractivity contribution is 5.73. The first-order chi connectivity index (χ1) is 11.0. The van der Waals surface area contributed by atoms with E-state index in [-0.39, 0.29) is 17.9 Å². The predicted molar refractivity (Wildman–Crippen MR) is 85.1 cm³/mol. The van der Waals surface area contributed by atoms with E-state index in [4.69, 9.17) is 9.26 Å². The van der Waals surface area contributed by atoms with Gasteiger partial charge in [-0.1, -0.05) is 19.0 Å². The number of likely N-dealkylation sites (tertiary alicyclic amines) is 1. The van der Waals surface area contributed by atoms with Gasteiger partial charge in [0.1, 0.15) is 11.9 Å². The van der Waals surface area contributed by atoms with Crippen LogP contribution in [0.5, 0.6) is 5.75 Å². The van der Waals surface area contributed by atoms with Gasteiger partial charge in [0.2, 0.25) is 17.6 Å². The lowest BCUT2D eigenvalue weighted by Gasteiger charge is -2.15. The smallest absolute Gasteiger partial charge is 0.229 e. The molecule has 1 amide bonds. The summed E-state index contributed by atoms with van der Waals surface area (Å²) in [5.41, 5.74) is 0.893. The van der Waals surface area contributed by atoms with Gasteiger partial charge in [0.25, 0.3) is 0 Å². The van der Waals surface area contributed by atoms with Crippen LogP contribution in [0.25, 0.3) is 11.4 Å². The summed E-state index contributed by atoms with van der Waals surface area (Å²) in [5, 5.41) is 4.00. The Balaban J connectivity index is 1.64. The van der Waals surface area contributed by atoms with Crippen molar-refractivity contribution in [1.82, 2.24) is 15.0 Å². The molecule has 1 aliphatic rings. The molecule has 1 aromatic carbocycles. The molecule has 1 unspecified atom stereocenters. The minimum absolute atomic E-state index is 0.0578. The Kier molecular flexibility index (Phi) is 4.32. The minimum Gasteiger partial charge on any atom is -0.489 e. The van der Waals surface area contributed by atoms with Gasteiger partial charge < -0.3 is 14.2 Å². The molecular weight excluding hydrogens is 294 g/mol. The first-order valence-electron chi connectivity index (χ1n) is 7.89. The number of benzene rings is 1. The molecule has 2 heterocycles. The van der Waals surface area contributed by atoms with E-state index in [0.717, 1.165) is 24.3 Å². The van der Waals surface area contributed by atoms with Crippen molar-refractivity contribution >= 4 is 5.91 Å². The number of carbonyl (C=O) groups is 1. The molecule has 3 rings (SSSR count). The van der Waals surface area contributed by atoms with Gasteiger partial charge >= 0.3 is 0 Å². The van der Waals surface area contributed by atoms with Gasteiger partial charge in [-0.3, -0.25) is 4.79 Å². The molecule has 1 saturated heterocycles. The number of rotatable bonds is 4. The summed E-state index contributed by atoms with van der Waals surface area (Å²) in [5.74, 6) is 2.33. The van der Waals surface area contributed by atoms with Gasteiger partial charge in [-0.05, 0) is 24.3 Å². The summed E-state index contributed by atoms with van der Waals surface area (Å²) >= 11 is 0. The molecule has 0 radical (unpaired) electrons. The number of ether oxygens (including phenoxy) is 1. The topological polar surface area (TPSA) is 68.5 Å². The molecule has 23 heavy (non-hydrogen) atoms. The third-order valence-electron chi connectivity index (χ3n) is 3.94. The second-order valence-corrected chi connectivity index (χ2v) is 6.13. The summed E-state index contributed by atoms with van der Waals surface area (Å²) in [4.78, 5) is 17.5. The van der Waals surface area contributed by atoms with Crippen molar-refractivity contribution in [2.45, 2.75) is 39.2 Å². The maximum absolute atomic E-state index is 11.3. The zero-order valence-corrected chi connectivity index (χ0v) is 13.7. The summed E-state index contributed by atoms with van der Waals surface area (Å²) in [6.45, 7) is 7.03. The van der Waals surface area contributed by atoms with Gasteiger partial charge in [0.15, 0.2) is 0 Å². The average Bonchev–Trinajstić information content (AvgIpc) is 3.17. The Morgan fingerprint density at radius 2 is 2.09 bits per heavy atom. The quantitative estimate of drug-likeness (QED) is 0.868. The van der Waals surface area contributed by atoms with Crippen molar-refractivity contribution in [3.8, 4) is 17.1 Å². The molecular formula is C17H21N3O3. The molecule has 1 aliphatic heterocycles. The van der Waals surface area contributed by atoms with Crippen LogP contribution in [-0.2, 0) is 4.79 Å². The lowest BCUT2D eigenvalue weighted by atomic mass is 10.2. The van der Waals surface area contributed by atoms with E-state index in [1.807, 2.05) is 43.0 Å². The number of hydrogen-bond donors (Lipinski definition) is 0. The van der Waals surface area contributed by atoms with Crippen molar-refractivity contribution in [1.29, 1.82) is 0 Å². The van der Waals surface area contributed by atoms with Gasteiger partial charge in [0.05, 0.1) is 6.54 Å². The molecule has 0 saturated carbocycles. The minimum atomic E-state index is 0.0578. The van der Waals surface area contributed by atoms with E-state index in [1.165, 1.54) is 0 Å². The standard InChI is InChI=1S/C17H21N3O3/c1-11(2)17-18-16(19-23-17)13-4-6-14(7-5-13)22-15-8-9-20(10-15)12(3)21/h4-7,11,15H,8-10H2,1-3H3. The van der Waals surface area contributed by atoms with Gasteiger partial charge in [-0.2, -0.15) is 4.98 Å². The maximum atomic E-state index is 11.3. The SMILES string of the molecule is CC(=O)N1CCC(Oc2ccc(-c3noc(C(C)C)n3)cc2)C1. The number of amides is 1. The van der Waals surface area contributed by atoms with Gasteiger partial charge in [-0.25, -0.2) is 0 Å². The molecule has 6 nitrogen and oxygen atoms in total. The van der Waals surface area contributed by atoms with Gasteiger partial charge in [0, 0.05) is 31.4 Å². The molecule has 122 valence electrons. The molecule has 1 aromatic heterocycles. The molecule has 0 bridgehead atoms. The number of aromatic nitrogens is 2. The average molecular weight is 315 g/mol. The van der Waals surface area contributed by atoms with Crippen LogP contribution in [0, 0.1) is 0 Å². The van der Waals surface area contributed by atoms with Crippen molar-refractivity contribution in [2.24, 2.45) is 0 Å². The van der Waals surface area contributed by atoms with Crippen molar-refractivity contribution < 1.29 is 14.1 Å². The van der Waals surface area contributed by atoms with E-state index in [2.05, 4.69) is 10.1 Å². The highest BCUT2D eigenvalue weighted by Gasteiger charge is 2.25. The summed E-state index contributed by atoms with van der Waals surface area (Å²) in [6, 6.07) is 7.64. The maximum Gasteiger partial charge on any atom is 0.229 e. The van der Waals surface area contributed by atoms with E-state index in [0.29, 0.717) is 18.3 Å². The van der Waals surface area contributed by atoms with E-state index in [9.17, 15) is 4.79 Å². The van der Waals surface area contributed by atoms with Gasteiger partial charge in [-0.15, -0.1) is 0 Å². The van der Waals surface area contributed by atoms with Crippen LogP contribution in [0.3, 0.4) is 0 Å². The number of hydrogen-bond acceptors (Lipinski definition) is 5. The van der Waals surface area contributed by atoms with E-state index in [1.54, 1.807) is 6.92 Å². The van der Waals surface area contributed by atoms with Crippen molar-refractivity contribution in [3.63, 3.8) is 0 Å². The normalized spacial score (nSPS) is 17.7. The fourth-order valence-electron chi connectivity index (χ4n) is 2.57. The zero-order valence-electron chi connectivity index (χ0n) is 13.7. The first-order valence-corrected chi connectivity index (χ1v) is 7.89. The van der Waals surface area contributed by atoms with Crippen molar-refractivity contribution in [3.05, 3.63) is 30.2 Å². The largest absolute Gasteiger partial charge is 0.489 e.